The molecule has 3 N–H and O–H groups in total. The van der Waals surface area contributed by atoms with Crippen LogP contribution in [0.5, 0.6) is 0 Å². The van der Waals surface area contributed by atoms with Crippen molar-refractivity contribution in [1.82, 2.24) is 10.2 Å². The number of rotatable bonds is 11. The predicted octanol–water partition coefficient (Wildman–Crippen LogP) is 5.67. The van der Waals surface area contributed by atoms with Crippen LogP contribution in [-0.4, -0.2) is 68.7 Å². The number of hydrogen-bond acceptors (Lipinski definition) is 8. The molecule has 6 rings (SSSR count). The van der Waals surface area contributed by atoms with E-state index in [0.29, 0.717) is 30.1 Å². The average Bonchev–Trinajstić information content (AvgIpc) is 3.32. The van der Waals surface area contributed by atoms with Crippen LogP contribution in [0.3, 0.4) is 0 Å². The van der Waals surface area contributed by atoms with Crippen LogP contribution in [0.2, 0.25) is 0 Å². The Hall–Kier alpha value is -2.42. The molecule has 1 aromatic carbocycles. The summed E-state index contributed by atoms with van der Waals surface area (Å²) in [5.41, 5.74) is 4.13. The molecule has 242 valence electrons. The summed E-state index contributed by atoms with van der Waals surface area (Å²) in [6.07, 6.45) is 11.3. The lowest BCUT2D eigenvalue weighted by molar-refractivity contribution is -0.114. The number of likely N-dealkylation sites (N-methyl/N-ethyl adjacent to an activating group) is 1. The van der Waals surface area contributed by atoms with E-state index in [4.69, 9.17) is 14.4 Å². The Balaban J connectivity index is 0.977. The zero-order valence-corrected chi connectivity index (χ0v) is 27.4. The standard InChI is InChI=1S/C36H54N4O4/c1-35-14-11-27(41)22-25(35)5-7-29-30-9-10-33(36(30,2)15-12-31(29)35)39-43-20-18-37-16-13-24-21-34(42)44-32-23-26(6-8-28(24)32)38-17-19-40(3)4/h6,8,21,23,25,27,29-31,37-38,41H,5,7,9-20,22H2,1-4H3/b39-33-/t25-,27+,29-,30-,31-,35-,36-/m0/s1. The number of fused-ring (bicyclic) bond motifs is 6. The minimum absolute atomic E-state index is 0.0792. The van der Waals surface area contributed by atoms with Gasteiger partial charge in [-0.25, -0.2) is 4.79 Å². The van der Waals surface area contributed by atoms with Crippen LogP contribution in [0.25, 0.3) is 11.0 Å². The Labute approximate surface area is 263 Å². The Morgan fingerprint density at radius 2 is 1.91 bits per heavy atom. The third kappa shape index (κ3) is 6.32. The number of nitrogens with one attached hydrogen (secondary N) is 2. The van der Waals surface area contributed by atoms with Gasteiger partial charge in [0.25, 0.3) is 0 Å². The lowest BCUT2D eigenvalue weighted by atomic mass is 9.45. The maximum Gasteiger partial charge on any atom is 0.336 e. The number of oxime groups is 1. The Morgan fingerprint density at radius 3 is 2.75 bits per heavy atom. The summed E-state index contributed by atoms with van der Waals surface area (Å²) in [5.74, 6) is 3.02. The first kappa shape index (κ1) is 31.6. The van der Waals surface area contributed by atoms with Crippen molar-refractivity contribution >= 4 is 22.4 Å². The van der Waals surface area contributed by atoms with Crippen molar-refractivity contribution in [3.63, 3.8) is 0 Å². The molecular formula is C36H54N4O4. The van der Waals surface area contributed by atoms with E-state index < -0.39 is 0 Å². The highest BCUT2D eigenvalue weighted by Crippen LogP contribution is 2.65. The quantitative estimate of drug-likeness (QED) is 0.172. The molecule has 7 atom stereocenters. The van der Waals surface area contributed by atoms with Crippen LogP contribution in [-0.2, 0) is 11.3 Å². The maximum absolute atomic E-state index is 12.3. The summed E-state index contributed by atoms with van der Waals surface area (Å²) < 4.78 is 5.52. The second-order valence-corrected chi connectivity index (χ2v) is 15.0. The van der Waals surface area contributed by atoms with E-state index in [0.717, 1.165) is 79.7 Å². The highest BCUT2D eigenvalue weighted by molar-refractivity contribution is 5.92. The van der Waals surface area contributed by atoms with Crippen LogP contribution in [0.1, 0.15) is 77.2 Å². The molecule has 4 aliphatic rings. The van der Waals surface area contributed by atoms with Crippen molar-refractivity contribution in [3.8, 4) is 0 Å². The number of aliphatic hydroxyl groups is 1. The molecule has 0 saturated heterocycles. The number of nitrogens with zero attached hydrogens (tertiary/aromatic N) is 2. The van der Waals surface area contributed by atoms with E-state index >= 15 is 0 Å². The zero-order chi connectivity index (χ0) is 30.9. The second-order valence-electron chi connectivity index (χ2n) is 15.0. The maximum atomic E-state index is 12.3. The van der Waals surface area contributed by atoms with Gasteiger partial charge in [0.05, 0.1) is 11.8 Å². The van der Waals surface area contributed by atoms with Crippen molar-refractivity contribution in [2.45, 2.75) is 84.2 Å². The molecule has 4 fully saturated rings. The smallest absolute Gasteiger partial charge is 0.336 e. The van der Waals surface area contributed by atoms with Crippen molar-refractivity contribution in [3.05, 3.63) is 40.2 Å². The lowest BCUT2D eigenvalue weighted by Gasteiger charge is -2.60. The SMILES string of the molecule is CN(C)CCNc1ccc2c(CCNCCO/N=C3/CC[C@H]4[C@@H]5CC[C@H]6C[C@H](O)CC[C@]6(C)[C@H]5CC[C@]34C)cc(=O)oc2c1. The predicted molar refractivity (Wildman–Crippen MR) is 177 cm³/mol. The first-order chi connectivity index (χ1) is 21.2. The fourth-order valence-electron chi connectivity index (χ4n) is 9.73. The Morgan fingerprint density at radius 1 is 1.05 bits per heavy atom. The largest absolute Gasteiger partial charge is 0.423 e. The minimum Gasteiger partial charge on any atom is -0.423 e. The number of benzene rings is 1. The molecule has 0 radical (unpaired) electrons. The van der Waals surface area contributed by atoms with Crippen LogP contribution in [0.4, 0.5) is 5.69 Å². The number of aliphatic hydroxyl groups excluding tert-OH is 1. The molecule has 4 aliphatic carbocycles. The Kier molecular flexibility index (Phi) is 9.42. The molecule has 44 heavy (non-hydrogen) atoms. The van der Waals surface area contributed by atoms with Gasteiger partial charge in [0.15, 0.2) is 0 Å². The van der Waals surface area contributed by atoms with Gasteiger partial charge in [-0.1, -0.05) is 19.0 Å². The summed E-state index contributed by atoms with van der Waals surface area (Å²) in [5, 5.41) is 22.9. The highest BCUT2D eigenvalue weighted by atomic mass is 16.6. The molecule has 8 heteroatoms. The van der Waals surface area contributed by atoms with Crippen LogP contribution in [0.15, 0.2) is 38.6 Å². The van der Waals surface area contributed by atoms with Crippen LogP contribution < -0.4 is 16.3 Å². The van der Waals surface area contributed by atoms with Crippen molar-refractivity contribution in [2.75, 3.05) is 52.2 Å². The van der Waals surface area contributed by atoms with Gasteiger partial charge >= 0.3 is 5.63 Å². The summed E-state index contributed by atoms with van der Waals surface area (Å²) in [4.78, 5) is 20.3. The number of anilines is 1. The normalized spacial score (nSPS) is 34.1. The molecule has 8 nitrogen and oxygen atoms in total. The zero-order valence-electron chi connectivity index (χ0n) is 27.4. The average molecular weight is 607 g/mol. The molecule has 1 heterocycles. The number of hydrogen-bond donors (Lipinski definition) is 3. The van der Waals surface area contributed by atoms with Gasteiger partial charge in [-0.2, -0.15) is 0 Å². The molecule has 0 spiro atoms. The van der Waals surface area contributed by atoms with Crippen molar-refractivity contribution in [1.29, 1.82) is 0 Å². The molecule has 0 aliphatic heterocycles. The van der Waals surface area contributed by atoms with Crippen LogP contribution in [0, 0.1) is 34.5 Å². The molecule has 0 amide bonds. The van der Waals surface area contributed by atoms with Gasteiger partial charge < -0.3 is 29.9 Å². The summed E-state index contributed by atoms with van der Waals surface area (Å²) >= 11 is 0. The molecule has 0 bridgehead atoms. The minimum atomic E-state index is -0.311. The third-order valence-electron chi connectivity index (χ3n) is 12.2. The topological polar surface area (TPSA) is 99.3 Å². The summed E-state index contributed by atoms with van der Waals surface area (Å²) in [7, 11) is 4.10. The monoisotopic (exact) mass is 606 g/mol. The lowest BCUT2D eigenvalue weighted by Crippen LogP contribution is -2.54. The second kappa shape index (κ2) is 13.1. The van der Waals surface area contributed by atoms with Crippen LogP contribution >= 0.6 is 0 Å². The van der Waals surface area contributed by atoms with E-state index in [1.165, 1.54) is 44.2 Å². The molecule has 4 saturated carbocycles. The summed E-state index contributed by atoms with van der Waals surface area (Å²) in [6, 6.07) is 7.62. The fourth-order valence-corrected chi connectivity index (χ4v) is 9.73. The van der Waals surface area contributed by atoms with Crippen molar-refractivity contribution < 1.29 is 14.4 Å². The summed E-state index contributed by atoms with van der Waals surface area (Å²) in [6.45, 7) is 8.78. The van der Waals surface area contributed by atoms with Gasteiger partial charge in [0.2, 0.25) is 0 Å². The van der Waals surface area contributed by atoms with Gasteiger partial charge in [-0.05, 0) is 132 Å². The van der Waals surface area contributed by atoms with E-state index in [2.05, 4.69) is 35.4 Å². The third-order valence-corrected chi connectivity index (χ3v) is 12.2. The first-order valence-corrected chi connectivity index (χ1v) is 17.2. The van der Waals surface area contributed by atoms with Gasteiger partial charge in [0, 0.05) is 48.3 Å². The van der Waals surface area contributed by atoms with Crippen molar-refractivity contribution in [2.24, 2.45) is 39.7 Å². The molecule has 0 unspecified atom stereocenters. The van der Waals surface area contributed by atoms with E-state index in [-0.39, 0.29) is 17.1 Å². The van der Waals surface area contributed by atoms with E-state index in [9.17, 15) is 9.90 Å². The first-order valence-electron chi connectivity index (χ1n) is 17.2. The van der Waals surface area contributed by atoms with E-state index in [1.54, 1.807) is 6.07 Å². The van der Waals surface area contributed by atoms with Gasteiger partial charge in [-0.15, -0.1) is 0 Å². The molecule has 1 aromatic heterocycles. The van der Waals surface area contributed by atoms with E-state index in [1.807, 2.05) is 26.2 Å². The Bertz CT molecular complexity index is 1390. The highest BCUT2D eigenvalue weighted by Gasteiger charge is 2.59. The van der Waals surface area contributed by atoms with Gasteiger partial charge in [-0.3, -0.25) is 0 Å². The fraction of sp³-hybridized carbons (Fsp3) is 0.722. The molecule has 2 aromatic rings. The van der Waals surface area contributed by atoms with Gasteiger partial charge in [0.1, 0.15) is 12.2 Å². The molecular weight excluding hydrogens is 552 g/mol.